The van der Waals surface area contributed by atoms with Crippen LogP contribution in [0.5, 0.6) is 11.5 Å². The first kappa shape index (κ1) is 23.1. The zero-order valence-corrected chi connectivity index (χ0v) is 19.9. The van der Waals surface area contributed by atoms with Gasteiger partial charge in [0.25, 0.3) is 5.91 Å². The lowest BCUT2D eigenvalue weighted by Gasteiger charge is -2.26. The van der Waals surface area contributed by atoms with Crippen LogP contribution in [0.1, 0.15) is 55.2 Å². The summed E-state index contributed by atoms with van der Waals surface area (Å²) in [6.45, 7) is 6.34. The van der Waals surface area contributed by atoms with Gasteiger partial charge in [-0.05, 0) is 68.8 Å². The largest absolute Gasteiger partial charge is 0.493 e. The number of fused-ring (bicyclic) bond motifs is 1. The van der Waals surface area contributed by atoms with E-state index < -0.39 is 0 Å². The number of piperidine rings is 1. The number of benzene rings is 2. The maximum absolute atomic E-state index is 12.9. The van der Waals surface area contributed by atoms with Gasteiger partial charge in [-0.2, -0.15) is 0 Å². The van der Waals surface area contributed by atoms with Crippen LogP contribution in [-0.2, 0) is 13.1 Å². The number of amides is 1. The van der Waals surface area contributed by atoms with E-state index in [4.69, 9.17) is 14.5 Å². The number of ether oxygens (including phenoxy) is 2. The fraction of sp³-hybridized carbons (Fsp3) is 0.462. The molecule has 7 nitrogen and oxygen atoms in total. The minimum Gasteiger partial charge on any atom is -0.493 e. The molecule has 176 valence electrons. The molecule has 1 N–H and O–H groups in total. The van der Waals surface area contributed by atoms with Crippen LogP contribution in [0, 0.1) is 0 Å². The first-order valence-corrected chi connectivity index (χ1v) is 11.9. The number of nitrogens with zero attached hydrogens (tertiary/aromatic N) is 3. The van der Waals surface area contributed by atoms with Crippen LogP contribution in [0.3, 0.4) is 0 Å². The Kier molecular flexibility index (Phi) is 7.50. The van der Waals surface area contributed by atoms with E-state index in [2.05, 4.69) is 27.8 Å². The van der Waals surface area contributed by atoms with E-state index in [1.807, 2.05) is 12.1 Å². The van der Waals surface area contributed by atoms with Crippen molar-refractivity contribution >= 4 is 22.6 Å². The van der Waals surface area contributed by atoms with Gasteiger partial charge in [0.2, 0.25) is 0 Å². The van der Waals surface area contributed by atoms with E-state index in [0.29, 0.717) is 17.1 Å². The van der Waals surface area contributed by atoms with Crippen LogP contribution >= 0.6 is 0 Å². The van der Waals surface area contributed by atoms with Gasteiger partial charge in [0, 0.05) is 17.8 Å². The molecule has 3 aromatic rings. The van der Waals surface area contributed by atoms with Crippen molar-refractivity contribution in [3.05, 3.63) is 47.8 Å². The summed E-state index contributed by atoms with van der Waals surface area (Å²) >= 11 is 0. The molecule has 0 saturated carbocycles. The molecule has 0 spiro atoms. The van der Waals surface area contributed by atoms with Crippen molar-refractivity contribution in [3.63, 3.8) is 0 Å². The van der Waals surface area contributed by atoms with Crippen LogP contribution in [0.4, 0.5) is 5.69 Å². The van der Waals surface area contributed by atoms with Gasteiger partial charge in [0.05, 0.1) is 31.8 Å². The molecule has 0 unspecified atom stereocenters. The highest BCUT2D eigenvalue weighted by atomic mass is 16.5. The predicted molar refractivity (Wildman–Crippen MR) is 131 cm³/mol. The number of hydrogen-bond donors (Lipinski definition) is 1. The second kappa shape index (κ2) is 10.7. The Morgan fingerprint density at radius 3 is 2.55 bits per heavy atom. The van der Waals surface area contributed by atoms with Crippen molar-refractivity contribution < 1.29 is 14.3 Å². The lowest BCUT2D eigenvalue weighted by molar-refractivity contribution is 0.102. The number of aromatic nitrogens is 2. The molecule has 1 saturated heterocycles. The Labute approximate surface area is 195 Å². The fourth-order valence-electron chi connectivity index (χ4n) is 4.44. The molecule has 7 heteroatoms. The second-order valence-corrected chi connectivity index (χ2v) is 8.60. The molecule has 4 rings (SSSR count). The summed E-state index contributed by atoms with van der Waals surface area (Å²) in [6.07, 6.45) is 6.12. The Morgan fingerprint density at radius 2 is 1.82 bits per heavy atom. The van der Waals surface area contributed by atoms with Gasteiger partial charge in [0.1, 0.15) is 5.82 Å². The van der Waals surface area contributed by atoms with Crippen molar-refractivity contribution in [1.29, 1.82) is 0 Å². The number of anilines is 1. The van der Waals surface area contributed by atoms with Crippen LogP contribution in [0.2, 0.25) is 0 Å². The summed E-state index contributed by atoms with van der Waals surface area (Å²) < 4.78 is 12.9. The Bertz CT molecular complexity index is 1100. The number of unbranched alkanes of at least 4 members (excludes halogenated alkanes) is 1. The van der Waals surface area contributed by atoms with Crippen LogP contribution < -0.4 is 14.8 Å². The van der Waals surface area contributed by atoms with Gasteiger partial charge < -0.3 is 19.4 Å². The van der Waals surface area contributed by atoms with Crippen molar-refractivity contribution in [1.82, 2.24) is 14.5 Å². The molecule has 2 aromatic carbocycles. The molecule has 0 bridgehead atoms. The second-order valence-electron chi connectivity index (χ2n) is 8.60. The number of imidazole rings is 1. The third kappa shape index (κ3) is 5.30. The van der Waals surface area contributed by atoms with Gasteiger partial charge in [0.15, 0.2) is 11.5 Å². The molecule has 33 heavy (non-hydrogen) atoms. The quantitative estimate of drug-likeness (QED) is 0.492. The number of hydrogen-bond acceptors (Lipinski definition) is 5. The predicted octanol–water partition coefficient (Wildman–Crippen LogP) is 5.09. The number of likely N-dealkylation sites (tertiary alicyclic amines) is 1. The van der Waals surface area contributed by atoms with Gasteiger partial charge in [-0.1, -0.05) is 19.8 Å². The van der Waals surface area contributed by atoms with Crippen molar-refractivity contribution in [2.45, 2.75) is 52.1 Å². The van der Waals surface area contributed by atoms with Gasteiger partial charge in [-0.15, -0.1) is 0 Å². The first-order valence-electron chi connectivity index (χ1n) is 11.9. The lowest BCUT2D eigenvalue weighted by atomic mass is 10.1. The van der Waals surface area contributed by atoms with E-state index in [1.165, 1.54) is 19.3 Å². The lowest BCUT2D eigenvalue weighted by Crippen LogP contribution is -2.30. The number of methoxy groups -OCH3 is 2. The molecule has 1 aliphatic rings. The van der Waals surface area contributed by atoms with Crippen LogP contribution in [-0.4, -0.2) is 47.7 Å². The molecule has 1 aromatic heterocycles. The summed E-state index contributed by atoms with van der Waals surface area (Å²) in [7, 11) is 3.13. The van der Waals surface area contributed by atoms with Crippen molar-refractivity contribution in [3.8, 4) is 11.5 Å². The smallest absolute Gasteiger partial charge is 0.255 e. The first-order chi connectivity index (χ1) is 16.1. The molecule has 0 radical (unpaired) electrons. The van der Waals surface area contributed by atoms with Gasteiger partial charge in [-0.3, -0.25) is 9.69 Å². The maximum Gasteiger partial charge on any atom is 0.255 e. The van der Waals surface area contributed by atoms with E-state index in [0.717, 1.165) is 61.6 Å². The molecule has 1 amide bonds. The zero-order chi connectivity index (χ0) is 23.2. The standard InChI is InChI=1S/C26H34N4O3/c1-4-5-15-30-22-11-10-20(17-21(22)28-25(30)18-29-13-7-6-8-14-29)27-26(31)19-9-12-23(32-2)24(16-19)33-3/h9-12,16-17H,4-8,13-15,18H2,1-3H3,(H,27,31). The maximum atomic E-state index is 12.9. The Morgan fingerprint density at radius 1 is 1.03 bits per heavy atom. The van der Waals surface area contributed by atoms with Crippen LogP contribution in [0.15, 0.2) is 36.4 Å². The average molecular weight is 451 g/mol. The van der Waals surface area contributed by atoms with Gasteiger partial charge in [-0.25, -0.2) is 4.98 Å². The molecule has 1 fully saturated rings. The van der Waals surface area contributed by atoms with Crippen LogP contribution in [0.25, 0.3) is 11.0 Å². The highest BCUT2D eigenvalue weighted by Gasteiger charge is 2.17. The Hall–Kier alpha value is -3.06. The summed E-state index contributed by atoms with van der Waals surface area (Å²) in [6, 6.07) is 11.1. The number of nitrogens with one attached hydrogen (secondary N) is 1. The van der Waals surface area contributed by atoms with E-state index in [-0.39, 0.29) is 5.91 Å². The minimum atomic E-state index is -0.200. The number of carbonyl (C=O) groups excluding carboxylic acids is 1. The molecular formula is C26H34N4O3. The zero-order valence-electron chi connectivity index (χ0n) is 19.9. The monoisotopic (exact) mass is 450 g/mol. The molecular weight excluding hydrogens is 416 g/mol. The SMILES string of the molecule is CCCCn1c(CN2CCCCC2)nc2cc(NC(=O)c3ccc(OC)c(OC)c3)ccc21. The fourth-order valence-corrected chi connectivity index (χ4v) is 4.44. The molecule has 0 aliphatic carbocycles. The van der Waals surface area contributed by atoms with E-state index >= 15 is 0 Å². The van der Waals surface area contributed by atoms with Gasteiger partial charge >= 0.3 is 0 Å². The van der Waals surface area contributed by atoms with Crippen molar-refractivity contribution in [2.75, 3.05) is 32.6 Å². The van der Waals surface area contributed by atoms with E-state index in [9.17, 15) is 4.79 Å². The number of rotatable bonds is 9. The summed E-state index contributed by atoms with van der Waals surface area (Å²) in [4.78, 5) is 20.3. The Balaban J connectivity index is 1.57. The molecule has 0 atom stereocenters. The van der Waals surface area contributed by atoms with Crippen molar-refractivity contribution in [2.24, 2.45) is 0 Å². The minimum absolute atomic E-state index is 0.200. The summed E-state index contributed by atoms with van der Waals surface area (Å²) in [5.74, 6) is 2.03. The number of aryl methyl sites for hydroxylation is 1. The highest BCUT2D eigenvalue weighted by Crippen LogP contribution is 2.28. The summed E-state index contributed by atoms with van der Waals surface area (Å²) in [5.41, 5.74) is 3.28. The third-order valence-electron chi connectivity index (χ3n) is 6.28. The topological polar surface area (TPSA) is 68.6 Å². The van der Waals surface area contributed by atoms with E-state index in [1.54, 1.807) is 32.4 Å². The third-order valence-corrected chi connectivity index (χ3v) is 6.28. The molecule has 1 aliphatic heterocycles. The average Bonchev–Trinajstić information content (AvgIpc) is 3.18. The normalized spacial score (nSPS) is 14.4. The number of carbonyl (C=O) groups is 1. The highest BCUT2D eigenvalue weighted by molar-refractivity contribution is 6.05. The summed E-state index contributed by atoms with van der Waals surface area (Å²) in [5, 5.41) is 3.00. The molecule has 2 heterocycles.